The van der Waals surface area contributed by atoms with Gasteiger partial charge in [-0.2, -0.15) is 0 Å². The topological polar surface area (TPSA) is 132 Å². The van der Waals surface area contributed by atoms with Gasteiger partial charge in [-0.3, -0.25) is 19.4 Å². The van der Waals surface area contributed by atoms with Gasteiger partial charge in [0.05, 0.1) is 24.1 Å². The van der Waals surface area contributed by atoms with E-state index in [0.717, 1.165) is 16.7 Å². The van der Waals surface area contributed by atoms with E-state index in [-0.39, 0.29) is 34.8 Å². The highest BCUT2D eigenvalue weighted by atomic mass is 35.5. The number of aromatic amines is 1. The number of hydrogen-bond donors (Lipinski definition) is 5. The number of carbonyl (C=O) groups is 3. The molecule has 2 aromatic carbocycles. The molecule has 5 N–H and O–H groups in total. The van der Waals surface area contributed by atoms with Gasteiger partial charge in [0.15, 0.2) is 11.7 Å². The standard InChI is InChI=1S/C32H38ClN3O5/c1-18(2)28(29(39)27-19(3)30(40)36-31(27)41)35-26(38)17-24(21-10-12-22(13-11-21)32(4,5)6)34-25(37)16-9-20-7-14-23(33)15-8-20/h7-16,18,24,28,36,40-41H,17H2,1-6H3,(H,34,37)(H,35,38)/t24?,28-/m0/s1. The van der Waals surface area contributed by atoms with Crippen molar-refractivity contribution in [1.29, 1.82) is 0 Å². The van der Waals surface area contributed by atoms with Crippen LogP contribution in [0.15, 0.2) is 54.6 Å². The summed E-state index contributed by atoms with van der Waals surface area (Å²) < 4.78 is 0. The van der Waals surface area contributed by atoms with Gasteiger partial charge in [-0.25, -0.2) is 0 Å². The third-order valence-corrected chi connectivity index (χ3v) is 7.15. The molecule has 41 heavy (non-hydrogen) atoms. The third-order valence-electron chi connectivity index (χ3n) is 6.90. The van der Waals surface area contributed by atoms with E-state index < -0.39 is 35.6 Å². The maximum atomic E-state index is 13.3. The molecule has 1 unspecified atom stereocenters. The largest absolute Gasteiger partial charge is 0.494 e. The Balaban J connectivity index is 1.83. The lowest BCUT2D eigenvalue weighted by Crippen LogP contribution is -2.45. The molecule has 0 fully saturated rings. The number of halogens is 1. The van der Waals surface area contributed by atoms with Crippen LogP contribution in [0.5, 0.6) is 11.8 Å². The summed E-state index contributed by atoms with van der Waals surface area (Å²) in [6, 6.07) is 13.1. The quantitative estimate of drug-likeness (QED) is 0.149. The zero-order chi connectivity index (χ0) is 30.5. The van der Waals surface area contributed by atoms with Crippen LogP contribution in [0.25, 0.3) is 6.08 Å². The van der Waals surface area contributed by atoms with Gasteiger partial charge >= 0.3 is 0 Å². The number of hydrogen-bond acceptors (Lipinski definition) is 5. The molecule has 0 radical (unpaired) electrons. The number of carbonyl (C=O) groups excluding carboxylic acids is 3. The highest BCUT2D eigenvalue weighted by Crippen LogP contribution is 2.30. The van der Waals surface area contributed by atoms with E-state index in [4.69, 9.17) is 11.6 Å². The molecule has 2 amide bonds. The Morgan fingerprint density at radius 2 is 1.56 bits per heavy atom. The van der Waals surface area contributed by atoms with Crippen LogP contribution in [-0.2, 0) is 15.0 Å². The molecule has 0 aliphatic carbocycles. The number of H-pyrrole nitrogens is 1. The molecular formula is C32H38ClN3O5. The van der Waals surface area contributed by atoms with E-state index in [9.17, 15) is 24.6 Å². The SMILES string of the molecule is Cc1c(O)[nH]c(O)c1C(=O)[C@@H](NC(=O)CC(NC(=O)C=Cc1ccc(Cl)cc1)c1ccc(C(C)(C)C)cc1)C(C)C. The molecule has 1 aromatic heterocycles. The minimum Gasteiger partial charge on any atom is -0.494 e. The number of nitrogens with one attached hydrogen (secondary N) is 3. The first-order chi connectivity index (χ1) is 19.2. The van der Waals surface area contributed by atoms with Gasteiger partial charge in [0.2, 0.25) is 17.7 Å². The van der Waals surface area contributed by atoms with Gasteiger partial charge in [-0.1, -0.05) is 82.6 Å². The van der Waals surface area contributed by atoms with Crippen molar-refractivity contribution in [3.8, 4) is 11.8 Å². The van der Waals surface area contributed by atoms with Crippen molar-refractivity contribution < 1.29 is 24.6 Å². The molecule has 0 aliphatic rings. The van der Waals surface area contributed by atoms with Gasteiger partial charge in [0.25, 0.3) is 0 Å². The van der Waals surface area contributed by atoms with Crippen molar-refractivity contribution in [2.75, 3.05) is 0 Å². The van der Waals surface area contributed by atoms with Crippen LogP contribution in [-0.4, -0.2) is 38.8 Å². The van der Waals surface area contributed by atoms with E-state index >= 15 is 0 Å². The minimum absolute atomic E-state index is 0.0723. The van der Waals surface area contributed by atoms with Crippen molar-refractivity contribution in [3.05, 3.63) is 87.4 Å². The number of amides is 2. The smallest absolute Gasteiger partial charge is 0.244 e. The van der Waals surface area contributed by atoms with Crippen LogP contribution in [0.2, 0.25) is 5.02 Å². The van der Waals surface area contributed by atoms with Gasteiger partial charge in [-0.15, -0.1) is 0 Å². The molecule has 0 saturated carbocycles. The molecule has 218 valence electrons. The number of aromatic nitrogens is 1. The molecule has 3 rings (SSSR count). The molecule has 8 nitrogen and oxygen atoms in total. The summed E-state index contributed by atoms with van der Waals surface area (Å²) in [7, 11) is 0. The summed E-state index contributed by atoms with van der Waals surface area (Å²) in [4.78, 5) is 41.8. The highest BCUT2D eigenvalue weighted by molar-refractivity contribution is 6.30. The molecule has 3 aromatic rings. The summed E-state index contributed by atoms with van der Waals surface area (Å²) in [6.07, 6.45) is 2.91. The fraction of sp³-hybridized carbons (Fsp3) is 0.344. The van der Waals surface area contributed by atoms with Crippen LogP contribution in [0, 0.1) is 12.8 Å². The second-order valence-electron chi connectivity index (χ2n) is 11.5. The van der Waals surface area contributed by atoms with Crippen LogP contribution in [0.4, 0.5) is 0 Å². The van der Waals surface area contributed by atoms with Crippen molar-refractivity contribution >= 4 is 35.3 Å². The van der Waals surface area contributed by atoms with Crippen molar-refractivity contribution in [2.24, 2.45) is 5.92 Å². The average Bonchev–Trinajstić information content (AvgIpc) is 3.16. The highest BCUT2D eigenvalue weighted by Gasteiger charge is 2.31. The predicted molar refractivity (Wildman–Crippen MR) is 161 cm³/mol. The molecule has 0 saturated heterocycles. The normalized spacial score (nSPS) is 13.3. The second kappa shape index (κ2) is 13.1. The summed E-state index contributed by atoms with van der Waals surface area (Å²) >= 11 is 5.94. The van der Waals surface area contributed by atoms with E-state index in [2.05, 4.69) is 36.4 Å². The molecule has 9 heteroatoms. The van der Waals surface area contributed by atoms with Gasteiger partial charge in [-0.05, 0) is 53.2 Å². The van der Waals surface area contributed by atoms with E-state index in [0.29, 0.717) is 5.02 Å². The Kier molecular flexibility index (Phi) is 10.0. The van der Waals surface area contributed by atoms with Crippen LogP contribution < -0.4 is 10.6 Å². The van der Waals surface area contributed by atoms with Crippen molar-refractivity contribution in [2.45, 2.75) is 65.5 Å². The summed E-state index contributed by atoms with van der Waals surface area (Å²) in [6.45, 7) is 11.3. The monoisotopic (exact) mass is 579 g/mol. The fourth-order valence-electron chi connectivity index (χ4n) is 4.41. The second-order valence-corrected chi connectivity index (χ2v) is 11.9. The zero-order valence-corrected chi connectivity index (χ0v) is 25.0. The first-order valence-electron chi connectivity index (χ1n) is 13.5. The third kappa shape index (κ3) is 8.24. The van der Waals surface area contributed by atoms with Gasteiger partial charge < -0.3 is 20.8 Å². The number of ketones is 1. The predicted octanol–water partition coefficient (Wildman–Crippen LogP) is 5.97. The molecule has 2 atom stereocenters. The Bertz CT molecular complexity index is 1420. The van der Waals surface area contributed by atoms with Crippen LogP contribution in [0.1, 0.15) is 79.7 Å². The van der Waals surface area contributed by atoms with Crippen molar-refractivity contribution in [3.63, 3.8) is 0 Å². The number of Topliss-reactive ketones (excluding diaryl/α,β-unsaturated/α-hetero) is 1. The summed E-state index contributed by atoms with van der Waals surface area (Å²) in [5.41, 5.74) is 2.69. The number of rotatable bonds is 10. The van der Waals surface area contributed by atoms with E-state index in [1.54, 1.807) is 44.2 Å². The Labute approximate surface area is 245 Å². The van der Waals surface area contributed by atoms with Gasteiger partial charge in [0.1, 0.15) is 0 Å². The Morgan fingerprint density at radius 3 is 2.07 bits per heavy atom. The lowest BCUT2D eigenvalue weighted by atomic mass is 9.86. The summed E-state index contributed by atoms with van der Waals surface area (Å²) in [5, 5.41) is 26.3. The van der Waals surface area contributed by atoms with E-state index in [1.807, 2.05) is 24.3 Å². The first kappa shape index (κ1) is 31.5. The molecule has 0 bridgehead atoms. The maximum Gasteiger partial charge on any atom is 0.244 e. The summed E-state index contributed by atoms with van der Waals surface area (Å²) in [5.74, 6) is -2.46. The zero-order valence-electron chi connectivity index (χ0n) is 24.2. The number of aromatic hydroxyl groups is 2. The first-order valence-corrected chi connectivity index (χ1v) is 13.8. The molecule has 0 spiro atoms. The van der Waals surface area contributed by atoms with Crippen molar-refractivity contribution in [1.82, 2.24) is 15.6 Å². The molecular weight excluding hydrogens is 542 g/mol. The Hall–Kier alpha value is -4.04. The number of benzene rings is 2. The molecule has 1 heterocycles. The van der Waals surface area contributed by atoms with Crippen LogP contribution >= 0.6 is 11.6 Å². The lowest BCUT2D eigenvalue weighted by Gasteiger charge is -2.24. The Morgan fingerprint density at radius 1 is 0.951 bits per heavy atom. The fourth-order valence-corrected chi connectivity index (χ4v) is 4.53. The lowest BCUT2D eigenvalue weighted by molar-refractivity contribution is -0.123. The maximum absolute atomic E-state index is 13.3. The van der Waals surface area contributed by atoms with Gasteiger partial charge in [0, 0.05) is 16.7 Å². The molecule has 0 aliphatic heterocycles. The van der Waals surface area contributed by atoms with E-state index in [1.165, 1.54) is 13.0 Å². The van der Waals surface area contributed by atoms with Crippen LogP contribution in [0.3, 0.4) is 0 Å². The average molecular weight is 580 g/mol. The minimum atomic E-state index is -0.966.